The zero-order valence-corrected chi connectivity index (χ0v) is 23.0. The van der Waals surface area contributed by atoms with E-state index >= 15 is 0 Å². The van der Waals surface area contributed by atoms with Crippen molar-refractivity contribution >= 4 is 40.8 Å². The van der Waals surface area contributed by atoms with Crippen LogP contribution in [-0.2, 0) is 4.79 Å². The number of carbonyl (C=O) groups excluding carboxylic acids is 2. The van der Waals surface area contributed by atoms with Crippen LogP contribution in [0.2, 0.25) is 10.0 Å². The second kappa shape index (κ2) is 11.2. The summed E-state index contributed by atoms with van der Waals surface area (Å²) in [6, 6.07) is 7.59. The molecule has 218 valence electrons. The summed E-state index contributed by atoms with van der Waals surface area (Å²) in [7, 11) is 0. The van der Waals surface area contributed by atoms with Crippen molar-refractivity contribution in [3.63, 3.8) is 0 Å². The van der Waals surface area contributed by atoms with E-state index < -0.39 is 30.2 Å². The van der Waals surface area contributed by atoms with Crippen molar-refractivity contribution < 1.29 is 36.3 Å². The number of piperidine rings is 1. The number of rotatable bonds is 8. The molecule has 2 fully saturated rings. The van der Waals surface area contributed by atoms with Gasteiger partial charge < -0.3 is 20.3 Å². The molecule has 2 saturated heterocycles. The molecule has 14 heteroatoms. The number of hydrogen-bond donors (Lipinski definition) is 2. The van der Waals surface area contributed by atoms with Gasteiger partial charge >= 0.3 is 12.1 Å². The lowest BCUT2D eigenvalue weighted by atomic mass is 9.96. The van der Waals surface area contributed by atoms with Crippen molar-refractivity contribution in [3.05, 3.63) is 52.1 Å². The lowest BCUT2D eigenvalue weighted by Gasteiger charge is -2.40. The van der Waals surface area contributed by atoms with Crippen LogP contribution in [0.3, 0.4) is 0 Å². The Morgan fingerprint density at radius 3 is 2.25 bits per heavy atom. The average molecular weight is 609 g/mol. The molecule has 7 nitrogen and oxygen atoms in total. The molecule has 4 rings (SSSR count). The predicted molar refractivity (Wildman–Crippen MR) is 139 cm³/mol. The summed E-state index contributed by atoms with van der Waals surface area (Å²) >= 11 is 12.1. The molecule has 1 aromatic carbocycles. The maximum Gasteiger partial charge on any atom is 0.455 e. The van der Waals surface area contributed by atoms with E-state index in [-0.39, 0.29) is 34.6 Å². The number of benzene rings is 1. The average Bonchev–Trinajstić information content (AvgIpc) is 3.13. The molecule has 1 aromatic heterocycles. The molecule has 0 aliphatic carbocycles. The van der Waals surface area contributed by atoms with Crippen LogP contribution in [0.5, 0.6) is 5.75 Å². The van der Waals surface area contributed by atoms with E-state index in [1.54, 1.807) is 31.3 Å². The summed E-state index contributed by atoms with van der Waals surface area (Å²) in [6.45, 7) is 1.42. The van der Waals surface area contributed by atoms with Crippen molar-refractivity contribution in [2.24, 2.45) is 0 Å². The van der Waals surface area contributed by atoms with Gasteiger partial charge in [0.2, 0.25) is 0 Å². The molecule has 0 saturated carbocycles. The molecule has 2 aliphatic rings. The van der Waals surface area contributed by atoms with E-state index in [0.29, 0.717) is 29.4 Å². The van der Waals surface area contributed by atoms with Gasteiger partial charge in [-0.05, 0) is 69.9 Å². The Morgan fingerprint density at radius 1 is 1.05 bits per heavy atom. The van der Waals surface area contributed by atoms with Crippen LogP contribution < -0.4 is 20.3 Å². The number of anilines is 1. The van der Waals surface area contributed by atoms with Gasteiger partial charge in [0.15, 0.2) is 5.60 Å². The molecule has 40 heavy (non-hydrogen) atoms. The van der Waals surface area contributed by atoms with Crippen LogP contribution in [0.4, 0.5) is 27.8 Å². The van der Waals surface area contributed by atoms with Gasteiger partial charge in [-0.15, -0.1) is 0 Å². The van der Waals surface area contributed by atoms with Crippen LogP contribution in [0, 0.1) is 0 Å². The van der Waals surface area contributed by atoms with Crippen molar-refractivity contribution in [1.29, 1.82) is 0 Å². The minimum atomic E-state index is -5.76. The summed E-state index contributed by atoms with van der Waals surface area (Å²) in [6.07, 6.45) is -1.64. The fourth-order valence-corrected chi connectivity index (χ4v) is 5.42. The molecule has 2 aliphatic heterocycles. The number of fused-ring (bicyclic) bond motifs is 2. The number of hydrogen-bond acceptors (Lipinski definition) is 5. The SMILES string of the molecule is CC(C)(Oc1ccc(Cl)cc1Cl)C(=O)N[C@H]1C[C@H]2CC[C@@H](C1)N2c1ccc(C(=O)NCC(F)(F)C(F)(F)F)cn1. The van der Waals surface area contributed by atoms with Gasteiger partial charge in [-0.25, -0.2) is 4.98 Å². The highest BCUT2D eigenvalue weighted by Gasteiger charge is 2.57. The van der Waals surface area contributed by atoms with E-state index in [1.165, 1.54) is 18.2 Å². The topological polar surface area (TPSA) is 83.6 Å². The number of aromatic nitrogens is 1. The van der Waals surface area contributed by atoms with Gasteiger partial charge in [-0.2, -0.15) is 22.0 Å². The quantitative estimate of drug-likeness (QED) is 0.371. The first-order valence-corrected chi connectivity index (χ1v) is 13.2. The number of alkyl halides is 5. The van der Waals surface area contributed by atoms with Crippen molar-refractivity contribution in [2.75, 3.05) is 11.4 Å². The lowest BCUT2D eigenvalue weighted by Crippen LogP contribution is -2.55. The molecule has 2 amide bonds. The number of pyridine rings is 1. The Kier molecular flexibility index (Phi) is 8.43. The molecular weight excluding hydrogens is 582 g/mol. The summed E-state index contributed by atoms with van der Waals surface area (Å²) in [5.74, 6) is -5.55. The summed E-state index contributed by atoms with van der Waals surface area (Å²) in [5.41, 5.74) is -1.35. The van der Waals surface area contributed by atoms with Crippen molar-refractivity contribution in [3.8, 4) is 5.75 Å². The first-order valence-electron chi connectivity index (χ1n) is 12.5. The highest BCUT2D eigenvalue weighted by molar-refractivity contribution is 6.35. The molecule has 2 aromatic rings. The summed E-state index contributed by atoms with van der Waals surface area (Å²) in [5, 5.41) is 5.41. The van der Waals surface area contributed by atoms with Gasteiger partial charge in [-0.3, -0.25) is 9.59 Å². The monoisotopic (exact) mass is 608 g/mol. The van der Waals surface area contributed by atoms with E-state index in [0.717, 1.165) is 19.0 Å². The summed E-state index contributed by atoms with van der Waals surface area (Å²) < 4.78 is 69.1. The van der Waals surface area contributed by atoms with Gasteiger partial charge in [0.25, 0.3) is 11.8 Å². The second-order valence-electron chi connectivity index (χ2n) is 10.4. The van der Waals surface area contributed by atoms with Crippen molar-refractivity contribution in [1.82, 2.24) is 15.6 Å². The van der Waals surface area contributed by atoms with Crippen LogP contribution in [-0.4, -0.2) is 59.2 Å². The Labute approximate surface area is 237 Å². The number of ether oxygens (including phenoxy) is 1. The lowest BCUT2D eigenvalue weighted by molar-refractivity contribution is -0.278. The van der Waals surface area contributed by atoms with Crippen LogP contribution in [0.15, 0.2) is 36.5 Å². The standard InChI is InChI=1S/C26H27Cl2F5N4O3/c1-24(2,40-20-7-4-15(27)9-19(20)28)23(39)36-16-10-17-5-6-18(11-16)37(17)21-8-3-14(12-34-21)22(38)35-13-25(29,30)26(31,32)33/h3-4,7-9,12,16-18H,5-6,10-11,13H2,1-2H3,(H,35,38)(H,36,39)/t16-,17+,18-. The largest absolute Gasteiger partial charge is 0.476 e. The third-order valence-electron chi connectivity index (χ3n) is 7.03. The van der Waals surface area contributed by atoms with E-state index in [1.807, 2.05) is 0 Å². The zero-order chi connectivity index (χ0) is 29.5. The van der Waals surface area contributed by atoms with Gasteiger partial charge in [0.1, 0.15) is 11.6 Å². The molecule has 0 unspecified atom stereocenters. The Hall–Kier alpha value is -2.86. The zero-order valence-electron chi connectivity index (χ0n) is 21.5. The number of carbonyl (C=O) groups is 2. The van der Waals surface area contributed by atoms with Gasteiger partial charge in [0.05, 0.1) is 17.1 Å². The number of amides is 2. The molecule has 2 bridgehead atoms. The summed E-state index contributed by atoms with van der Waals surface area (Å²) in [4.78, 5) is 31.6. The van der Waals surface area contributed by atoms with E-state index in [4.69, 9.17) is 27.9 Å². The first kappa shape index (κ1) is 30.1. The molecule has 3 atom stereocenters. The van der Waals surface area contributed by atoms with Crippen LogP contribution in [0.1, 0.15) is 49.9 Å². The molecular formula is C26H27Cl2F5N4O3. The molecule has 0 radical (unpaired) electrons. The fourth-order valence-electron chi connectivity index (χ4n) is 4.97. The number of halogens is 7. The fraction of sp³-hybridized carbons (Fsp3) is 0.500. The van der Waals surface area contributed by atoms with E-state index in [2.05, 4.69) is 15.2 Å². The normalized spacial score (nSPS) is 21.2. The highest BCUT2D eigenvalue weighted by Crippen LogP contribution is 2.39. The second-order valence-corrected chi connectivity index (χ2v) is 11.3. The highest BCUT2D eigenvalue weighted by atomic mass is 35.5. The minimum absolute atomic E-state index is 0.0523. The third-order valence-corrected chi connectivity index (χ3v) is 7.56. The molecule has 0 spiro atoms. The van der Waals surface area contributed by atoms with E-state index in [9.17, 15) is 31.5 Å². The minimum Gasteiger partial charge on any atom is -0.476 e. The number of nitrogens with one attached hydrogen (secondary N) is 2. The maximum absolute atomic E-state index is 13.1. The Balaban J connectivity index is 1.34. The Morgan fingerprint density at radius 2 is 1.70 bits per heavy atom. The smallest absolute Gasteiger partial charge is 0.455 e. The van der Waals surface area contributed by atoms with Gasteiger partial charge in [0, 0.05) is 29.3 Å². The van der Waals surface area contributed by atoms with Crippen LogP contribution >= 0.6 is 23.2 Å². The number of nitrogens with zero attached hydrogens (tertiary/aromatic N) is 2. The predicted octanol–water partition coefficient (Wildman–Crippen LogP) is 5.79. The van der Waals surface area contributed by atoms with Crippen molar-refractivity contribution in [2.45, 2.75) is 75.4 Å². The Bertz CT molecular complexity index is 1250. The van der Waals surface area contributed by atoms with Crippen LogP contribution in [0.25, 0.3) is 0 Å². The first-order chi connectivity index (χ1) is 18.6. The molecule has 3 heterocycles. The third kappa shape index (κ3) is 6.54. The van der Waals surface area contributed by atoms with Gasteiger partial charge in [-0.1, -0.05) is 23.2 Å². The maximum atomic E-state index is 13.1. The molecule has 2 N–H and O–H groups in total.